The average molecular weight is 493 g/mol. The molecule has 184 valence electrons. The van der Waals surface area contributed by atoms with Crippen LogP contribution in [-0.4, -0.2) is 52.5 Å². The third kappa shape index (κ3) is 4.97. The predicted molar refractivity (Wildman–Crippen MR) is 125 cm³/mol. The highest BCUT2D eigenvalue weighted by Gasteiger charge is 2.38. The minimum atomic E-state index is -3.76. The molecule has 2 N–H and O–H groups in total. The minimum Gasteiger partial charge on any atom is -0.456 e. The van der Waals surface area contributed by atoms with Gasteiger partial charge in [0.25, 0.3) is 5.56 Å². The van der Waals surface area contributed by atoms with Crippen LogP contribution < -0.4 is 17.0 Å². The SMILES string of the molecule is CC(C)Cn1c(N)c(C(=O)COC(=O)[C@@H]2Cc3ccccc3CN2S(C)(=O)=O)c(=O)n(C)c1=O. The van der Waals surface area contributed by atoms with Gasteiger partial charge in [-0.2, -0.15) is 4.31 Å². The lowest BCUT2D eigenvalue weighted by molar-refractivity contribution is -0.147. The van der Waals surface area contributed by atoms with Gasteiger partial charge in [0, 0.05) is 26.6 Å². The topological polar surface area (TPSA) is 151 Å². The molecular formula is C22H28N4O7S. The van der Waals surface area contributed by atoms with Crippen LogP contribution in [0.25, 0.3) is 0 Å². The second-order valence-electron chi connectivity index (χ2n) is 8.74. The minimum absolute atomic E-state index is 0.00360. The Balaban J connectivity index is 1.86. The van der Waals surface area contributed by atoms with Gasteiger partial charge in [0.05, 0.1) is 6.26 Å². The summed E-state index contributed by atoms with van der Waals surface area (Å²) in [6, 6.07) is 5.98. The first-order valence-corrected chi connectivity index (χ1v) is 12.5. The van der Waals surface area contributed by atoms with Crippen molar-refractivity contribution in [2.45, 2.75) is 39.4 Å². The zero-order chi connectivity index (χ0) is 25.4. The first-order chi connectivity index (χ1) is 15.8. The summed E-state index contributed by atoms with van der Waals surface area (Å²) in [5.41, 5.74) is 5.55. The molecule has 12 heteroatoms. The highest BCUT2D eigenvalue weighted by atomic mass is 32.2. The molecular weight excluding hydrogens is 464 g/mol. The number of fused-ring (bicyclic) bond motifs is 1. The van der Waals surface area contributed by atoms with Crippen LogP contribution in [0.1, 0.15) is 35.3 Å². The molecule has 11 nitrogen and oxygen atoms in total. The number of esters is 1. The number of hydrogen-bond acceptors (Lipinski definition) is 8. The molecule has 2 heterocycles. The van der Waals surface area contributed by atoms with E-state index in [0.717, 1.165) is 30.8 Å². The summed E-state index contributed by atoms with van der Waals surface area (Å²) >= 11 is 0. The molecule has 0 bridgehead atoms. The van der Waals surface area contributed by atoms with Gasteiger partial charge >= 0.3 is 11.7 Å². The molecule has 1 aromatic carbocycles. The Labute approximate surface area is 196 Å². The van der Waals surface area contributed by atoms with Crippen LogP contribution in [0, 0.1) is 5.92 Å². The lowest BCUT2D eigenvalue weighted by Gasteiger charge is -2.33. The molecule has 1 atom stereocenters. The normalized spacial score (nSPS) is 16.3. The number of nitrogens with zero attached hydrogens (tertiary/aromatic N) is 3. The van der Waals surface area contributed by atoms with Crippen molar-refractivity contribution in [2.24, 2.45) is 13.0 Å². The Morgan fingerprint density at radius 2 is 1.79 bits per heavy atom. The summed E-state index contributed by atoms with van der Waals surface area (Å²) in [4.78, 5) is 50.7. The summed E-state index contributed by atoms with van der Waals surface area (Å²) in [5, 5.41) is 0. The van der Waals surface area contributed by atoms with Crippen LogP contribution >= 0.6 is 0 Å². The summed E-state index contributed by atoms with van der Waals surface area (Å²) < 4.78 is 32.7. The van der Waals surface area contributed by atoms with E-state index in [4.69, 9.17) is 10.5 Å². The zero-order valence-electron chi connectivity index (χ0n) is 19.5. The van der Waals surface area contributed by atoms with Crippen molar-refractivity contribution in [1.82, 2.24) is 13.4 Å². The van der Waals surface area contributed by atoms with Gasteiger partial charge in [-0.15, -0.1) is 0 Å². The Morgan fingerprint density at radius 3 is 2.38 bits per heavy atom. The summed E-state index contributed by atoms with van der Waals surface area (Å²) in [6.45, 7) is 3.04. The highest BCUT2D eigenvalue weighted by Crippen LogP contribution is 2.26. The molecule has 1 aliphatic heterocycles. The third-order valence-corrected chi connectivity index (χ3v) is 6.89. The number of nitrogen functional groups attached to an aromatic ring is 1. The summed E-state index contributed by atoms with van der Waals surface area (Å²) in [6.07, 6.45) is 1.08. The molecule has 1 aromatic heterocycles. The molecule has 0 aliphatic carbocycles. The van der Waals surface area contributed by atoms with E-state index in [0.29, 0.717) is 0 Å². The van der Waals surface area contributed by atoms with Gasteiger partial charge < -0.3 is 10.5 Å². The number of hydrogen-bond donors (Lipinski definition) is 1. The molecule has 34 heavy (non-hydrogen) atoms. The third-order valence-electron chi connectivity index (χ3n) is 5.66. The van der Waals surface area contributed by atoms with Crippen molar-refractivity contribution >= 4 is 27.6 Å². The van der Waals surface area contributed by atoms with Gasteiger partial charge in [-0.25, -0.2) is 13.2 Å². The second-order valence-corrected chi connectivity index (χ2v) is 10.7. The molecule has 0 radical (unpaired) electrons. The number of nitrogens with two attached hydrogens (primary N) is 1. The van der Waals surface area contributed by atoms with Crippen LogP contribution in [0.15, 0.2) is 33.9 Å². The van der Waals surface area contributed by atoms with Gasteiger partial charge in [0.15, 0.2) is 6.61 Å². The van der Waals surface area contributed by atoms with Crippen LogP contribution in [0.5, 0.6) is 0 Å². The van der Waals surface area contributed by atoms with Gasteiger partial charge in [-0.1, -0.05) is 38.1 Å². The first kappa shape index (κ1) is 25.4. The fraction of sp³-hybridized carbons (Fsp3) is 0.455. The smallest absolute Gasteiger partial charge is 0.332 e. The standard InChI is InChI=1S/C22H28N4O7S/c1-13(2)10-25-19(23)18(20(28)24(3)22(25)30)17(27)12-33-21(29)16-9-14-7-5-6-8-15(14)11-26(16)34(4,31)32/h5-8,13,16H,9-12,23H2,1-4H3/t16-/m0/s1. The van der Waals surface area contributed by atoms with Crippen molar-refractivity contribution in [3.05, 3.63) is 61.8 Å². The number of carbonyl (C=O) groups is 2. The Morgan fingerprint density at radius 1 is 1.18 bits per heavy atom. The monoisotopic (exact) mass is 492 g/mol. The molecule has 0 saturated carbocycles. The van der Waals surface area contributed by atoms with Gasteiger partial charge in [-0.05, 0) is 17.0 Å². The maximum absolute atomic E-state index is 12.9. The van der Waals surface area contributed by atoms with E-state index in [1.54, 1.807) is 24.3 Å². The maximum atomic E-state index is 12.9. The fourth-order valence-electron chi connectivity index (χ4n) is 3.94. The number of ketones is 1. The number of anilines is 1. The molecule has 3 rings (SSSR count). The molecule has 2 aromatic rings. The molecule has 1 aliphatic rings. The first-order valence-electron chi connectivity index (χ1n) is 10.7. The Bertz CT molecular complexity index is 1360. The summed E-state index contributed by atoms with van der Waals surface area (Å²) in [7, 11) is -2.53. The highest BCUT2D eigenvalue weighted by molar-refractivity contribution is 7.88. The van der Waals surface area contributed by atoms with Crippen molar-refractivity contribution in [3.63, 3.8) is 0 Å². The number of benzene rings is 1. The predicted octanol–water partition coefficient (Wildman–Crippen LogP) is -0.102. The van der Waals surface area contributed by atoms with E-state index < -0.39 is 51.2 Å². The van der Waals surface area contributed by atoms with E-state index in [2.05, 4.69) is 0 Å². The molecule has 0 amide bonds. The Hall–Kier alpha value is -3.25. The molecule has 0 fully saturated rings. The molecule has 0 saturated heterocycles. The Kier molecular flexibility index (Phi) is 7.13. The maximum Gasteiger partial charge on any atom is 0.332 e. The quantitative estimate of drug-likeness (QED) is 0.416. The van der Waals surface area contributed by atoms with E-state index >= 15 is 0 Å². The number of Topliss-reactive ketones (excluding diaryl/α,β-unsaturated/α-hetero) is 1. The van der Waals surface area contributed by atoms with Crippen molar-refractivity contribution in [1.29, 1.82) is 0 Å². The lowest BCUT2D eigenvalue weighted by atomic mass is 9.96. The van der Waals surface area contributed by atoms with Crippen LogP contribution in [-0.2, 0) is 46.1 Å². The van der Waals surface area contributed by atoms with E-state index in [9.17, 15) is 27.6 Å². The van der Waals surface area contributed by atoms with Gasteiger partial charge in [-0.3, -0.25) is 23.5 Å². The van der Waals surface area contributed by atoms with Crippen molar-refractivity contribution < 1.29 is 22.7 Å². The lowest BCUT2D eigenvalue weighted by Crippen LogP contribution is -2.49. The average Bonchev–Trinajstić information content (AvgIpc) is 2.77. The largest absolute Gasteiger partial charge is 0.456 e. The van der Waals surface area contributed by atoms with E-state index in [-0.39, 0.29) is 31.2 Å². The number of aromatic nitrogens is 2. The van der Waals surface area contributed by atoms with Gasteiger partial charge in [0.1, 0.15) is 17.4 Å². The fourth-order valence-corrected chi connectivity index (χ4v) is 4.94. The zero-order valence-corrected chi connectivity index (χ0v) is 20.3. The molecule has 0 spiro atoms. The molecule has 0 unspecified atom stereocenters. The van der Waals surface area contributed by atoms with E-state index in [1.807, 2.05) is 13.8 Å². The summed E-state index contributed by atoms with van der Waals surface area (Å²) in [5.74, 6) is -2.09. The van der Waals surface area contributed by atoms with Crippen LogP contribution in [0.4, 0.5) is 5.82 Å². The van der Waals surface area contributed by atoms with Crippen LogP contribution in [0.3, 0.4) is 0 Å². The van der Waals surface area contributed by atoms with Crippen molar-refractivity contribution in [3.8, 4) is 0 Å². The number of sulfonamides is 1. The number of rotatable bonds is 7. The number of ether oxygens (including phenoxy) is 1. The van der Waals surface area contributed by atoms with Crippen LogP contribution in [0.2, 0.25) is 0 Å². The second kappa shape index (κ2) is 9.55. The number of carbonyl (C=O) groups excluding carboxylic acids is 2. The van der Waals surface area contributed by atoms with E-state index in [1.165, 1.54) is 7.05 Å². The van der Waals surface area contributed by atoms with Crippen molar-refractivity contribution in [2.75, 3.05) is 18.6 Å². The van der Waals surface area contributed by atoms with Gasteiger partial charge in [0.2, 0.25) is 15.8 Å².